The van der Waals surface area contributed by atoms with Gasteiger partial charge in [-0.25, -0.2) is 4.79 Å². The molecule has 1 fully saturated rings. The molecule has 1 saturated heterocycles. The van der Waals surface area contributed by atoms with E-state index in [-0.39, 0.29) is 19.3 Å². The maximum absolute atomic E-state index is 12.0. The smallest absolute Gasteiger partial charge is 0.410 e. The predicted molar refractivity (Wildman–Crippen MR) is 71.7 cm³/mol. The fraction of sp³-hybridized carbons (Fsp3) is 0.500. The Morgan fingerprint density at radius 1 is 1.47 bits per heavy atom. The van der Waals surface area contributed by atoms with Crippen LogP contribution in [-0.4, -0.2) is 47.9 Å². The number of aliphatic hydroxyl groups excluding tert-OH is 1. The maximum atomic E-state index is 12.0. The fourth-order valence-corrected chi connectivity index (χ4v) is 2.12. The van der Waals surface area contributed by atoms with Crippen molar-refractivity contribution in [3.8, 4) is 0 Å². The molecule has 0 aromatic heterocycles. The standard InChI is InChI=1S/C14H20N2O3/c1-14(11-17)10-16(8-7-15-14)13(18)19-9-12-5-3-2-4-6-12/h2-6,15,17H,7-11H2,1H3. The lowest BCUT2D eigenvalue weighted by molar-refractivity contribution is 0.0555. The zero-order valence-corrected chi connectivity index (χ0v) is 11.1. The van der Waals surface area contributed by atoms with Crippen LogP contribution in [-0.2, 0) is 11.3 Å². The van der Waals surface area contributed by atoms with Crippen LogP contribution >= 0.6 is 0 Å². The van der Waals surface area contributed by atoms with Crippen molar-refractivity contribution in [2.24, 2.45) is 0 Å². The maximum Gasteiger partial charge on any atom is 0.410 e. The van der Waals surface area contributed by atoms with Gasteiger partial charge in [-0.1, -0.05) is 30.3 Å². The number of nitrogens with zero attached hydrogens (tertiary/aromatic N) is 1. The highest BCUT2D eigenvalue weighted by Crippen LogP contribution is 2.12. The number of hydrogen-bond acceptors (Lipinski definition) is 4. The van der Waals surface area contributed by atoms with Crippen LogP contribution < -0.4 is 5.32 Å². The van der Waals surface area contributed by atoms with Crippen LogP contribution in [0.4, 0.5) is 4.79 Å². The van der Waals surface area contributed by atoms with Gasteiger partial charge in [0.1, 0.15) is 6.61 Å². The summed E-state index contributed by atoms with van der Waals surface area (Å²) in [7, 11) is 0. The summed E-state index contributed by atoms with van der Waals surface area (Å²) in [5.41, 5.74) is 0.528. The lowest BCUT2D eigenvalue weighted by Gasteiger charge is -2.39. The van der Waals surface area contributed by atoms with Gasteiger partial charge >= 0.3 is 6.09 Å². The molecule has 1 aliphatic rings. The Labute approximate surface area is 113 Å². The first kappa shape index (κ1) is 13.8. The van der Waals surface area contributed by atoms with Gasteiger partial charge in [0.15, 0.2) is 0 Å². The summed E-state index contributed by atoms with van der Waals surface area (Å²) >= 11 is 0. The number of benzene rings is 1. The van der Waals surface area contributed by atoms with Crippen LogP contribution in [0, 0.1) is 0 Å². The van der Waals surface area contributed by atoms with E-state index in [1.807, 2.05) is 37.3 Å². The molecule has 1 heterocycles. The van der Waals surface area contributed by atoms with Gasteiger partial charge in [0, 0.05) is 19.6 Å². The van der Waals surface area contributed by atoms with E-state index in [9.17, 15) is 9.90 Å². The second-order valence-electron chi connectivity index (χ2n) is 5.11. The van der Waals surface area contributed by atoms with E-state index in [4.69, 9.17) is 4.74 Å². The molecule has 1 unspecified atom stereocenters. The molecule has 104 valence electrons. The van der Waals surface area contributed by atoms with Gasteiger partial charge in [-0.3, -0.25) is 0 Å². The Kier molecular flexibility index (Phi) is 4.39. The normalized spacial score (nSPS) is 23.2. The minimum Gasteiger partial charge on any atom is -0.445 e. The molecule has 1 aromatic rings. The molecule has 19 heavy (non-hydrogen) atoms. The van der Waals surface area contributed by atoms with Crippen molar-refractivity contribution in [1.29, 1.82) is 0 Å². The molecular formula is C14H20N2O3. The average molecular weight is 264 g/mol. The molecule has 1 atom stereocenters. The van der Waals surface area contributed by atoms with Crippen LogP contribution in [0.3, 0.4) is 0 Å². The Hall–Kier alpha value is -1.59. The molecule has 0 radical (unpaired) electrons. The molecule has 5 heteroatoms. The highest BCUT2D eigenvalue weighted by Gasteiger charge is 2.32. The van der Waals surface area contributed by atoms with Gasteiger partial charge in [-0.2, -0.15) is 0 Å². The van der Waals surface area contributed by atoms with Crippen molar-refractivity contribution in [1.82, 2.24) is 10.2 Å². The number of ether oxygens (including phenoxy) is 1. The number of hydrogen-bond donors (Lipinski definition) is 2. The van der Waals surface area contributed by atoms with Crippen LogP contribution in [0.15, 0.2) is 30.3 Å². The number of carbonyl (C=O) groups is 1. The topological polar surface area (TPSA) is 61.8 Å². The quantitative estimate of drug-likeness (QED) is 0.854. The molecule has 1 aromatic carbocycles. The number of rotatable bonds is 3. The third-order valence-electron chi connectivity index (χ3n) is 3.29. The molecule has 1 amide bonds. The third-order valence-corrected chi connectivity index (χ3v) is 3.29. The van der Waals surface area contributed by atoms with Crippen molar-refractivity contribution in [2.45, 2.75) is 19.1 Å². The summed E-state index contributed by atoms with van der Waals surface area (Å²) in [6.45, 7) is 3.89. The van der Waals surface area contributed by atoms with Crippen molar-refractivity contribution in [2.75, 3.05) is 26.2 Å². The first-order chi connectivity index (χ1) is 9.13. The van der Waals surface area contributed by atoms with Crippen LogP contribution in [0.5, 0.6) is 0 Å². The van der Waals surface area contributed by atoms with E-state index in [0.717, 1.165) is 5.56 Å². The van der Waals surface area contributed by atoms with Gasteiger partial charge in [0.2, 0.25) is 0 Å². The summed E-state index contributed by atoms with van der Waals surface area (Å²) in [6.07, 6.45) is -0.329. The number of aliphatic hydroxyl groups is 1. The molecule has 2 rings (SSSR count). The van der Waals surface area contributed by atoms with Crippen LogP contribution in [0.1, 0.15) is 12.5 Å². The van der Waals surface area contributed by atoms with Gasteiger partial charge in [-0.05, 0) is 12.5 Å². The lowest BCUT2D eigenvalue weighted by atomic mass is 10.0. The SMILES string of the molecule is CC1(CO)CN(C(=O)OCc2ccccc2)CCN1. The summed E-state index contributed by atoms with van der Waals surface area (Å²) < 4.78 is 5.28. The molecule has 0 saturated carbocycles. The Morgan fingerprint density at radius 3 is 2.89 bits per heavy atom. The van der Waals surface area contributed by atoms with Crippen LogP contribution in [0.2, 0.25) is 0 Å². The van der Waals surface area contributed by atoms with E-state index in [0.29, 0.717) is 19.6 Å². The van der Waals surface area contributed by atoms with E-state index in [1.165, 1.54) is 0 Å². The number of carbonyl (C=O) groups excluding carboxylic acids is 1. The number of amides is 1. The second kappa shape index (κ2) is 6.04. The molecule has 5 nitrogen and oxygen atoms in total. The van der Waals surface area contributed by atoms with Gasteiger partial charge in [0.25, 0.3) is 0 Å². The molecular weight excluding hydrogens is 244 g/mol. The fourth-order valence-electron chi connectivity index (χ4n) is 2.12. The Balaban J connectivity index is 1.86. The molecule has 0 aliphatic carbocycles. The van der Waals surface area contributed by atoms with E-state index in [1.54, 1.807) is 4.90 Å². The molecule has 0 bridgehead atoms. The van der Waals surface area contributed by atoms with E-state index >= 15 is 0 Å². The van der Waals surface area contributed by atoms with E-state index in [2.05, 4.69) is 5.32 Å². The minimum absolute atomic E-state index is 0.00450. The van der Waals surface area contributed by atoms with Crippen molar-refractivity contribution in [3.63, 3.8) is 0 Å². The van der Waals surface area contributed by atoms with Crippen molar-refractivity contribution < 1.29 is 14.6 Å². The third kappa shape index (κ3) is 3.68. The second-order valence-corrected chi connectivity index (χ2v) is 5.11. The first-order valence-corrected chi connectivity index (χ1v) is 6.44. The minimum atomic E-state index is -0.440. The Morgan fingerprint density at radius 2 is 2.21 bits per heavy atom. The zero-order chi connectivity index (χ0) is 13.7. The highest BCUT2D eigenvalue weighted by atomic mass is 16.6. The molecule has 2 N–H and O–H groups in total. The Bertz CT molecular complexity index is 424. The lowest BCUT2D eigenvalue weighted by Crippen LogP contribution is -2.61. The van der Waals surface area contributed by atoms with Crippen molar-refractivity contribution in [3.05, 3.63) is 35.9 Å². The van der Waals surface area contributed by atoms with Gasteiger partial charge in [0.05, 0.1) is 12.1 Å². The largest absolute Gasteiger partial charge is 0.445 e. The summed E-state index contributed by atoms with van der Waals surface area (Å²) in [5.74, 6) is 0. The summed E-state index contributed by atoms with van der Waals surface area (Å²) in [5, 5.41) is 12.5. The predicted octanol–water partition coefficient (Wildman–Crippen LogP) is 0.979. The zero-order valence-electron chi connectivity index (χ0n) is 11.1. The number of nitrogens with one attached hydrogen (secondary N) is 1. The first-order valence-electron chi connectivity index (χ1n) is 6.44. The average Bonchev–Trinajstić information content (AvgIpc) is 2.46. The molecule has 1 aliphatic heterocycles. The highest BCUT2D eigenvalue weighted by molar-refractivity contribution is 5.68. The van der Waals surface area contributed by atoms with Crippen molar-refractivity contribution >= 4 is 6.09 Å². The molecule has 0 spiro atoms. The number of piperazine rings is 1. The summed E-state index contributed by atoms with van der Waals surface area (Å²) in [4.78, 5) is 13.6. The summed E-state index contributed by atoms with van der Waals surface area (Å²) in [6, 6.07) is 9.59. The van der Waals surface area contributed by atoms with E-state index < -0.39 is 5.54 Å². The van der Waals surface area contributed by atoms with Crippen LogP contribution in [0.25, 0.3) is 0 Å². The van der Waals surface area contributed by atoms with Gasteiger partial charge in [-0.15, -0.1) is 0 Å². The monoisotopic (exact) mass is 264 g/mol. The van der Waals surface area contributed by atoms with Gasteiger partial charge < -0.3 is 20.1 Å².